The molecule has 6 nitrogen and oxygen atoms in total. The van der Waals surface area contributed by atoms with Crippen molar-refractivity contribution in [2.24, 2.45) is 5.73 Å². The number of aromatic nitrogens is 2. The monoisotopic (exact) mass is 316 g/mol. The van der Waals surface area contributed by atoms with E-state index < -0.39 is 0 Å². The summed E-state index contributed by atoms with van der Waals surface area (Å²) in [6.07, 6.45) is 1.40. The van der Waals surface area contributed by atoms with Crippen molar-refractivity contribution in [1.29, 1.82) is 0 Å². The molecule has 0 spiro atoms. The van der Waals surface area contributed by atoms with E-state index in [0.717, 1.165) is 10.0 Å². The van der Waals surface area contributed by atoms with E-state index in [1.54, 1.807) is 6.07 Å². The number of furan rings is 1. The molecule has 0 fully saturated rings. The van der Waals surface area contributed by atoms with Gasteiger partial charge in [0.2, 0.25) is 0 Å². The van der Waals surface area contributed by atoms with Gasteiger partial charge in [-0.2, -0.15) is 0 Å². The highest BCUT2D eigenvalue weighted by Gasteiger charge is 2.12. The van der Waals surface area contributed by atoms with E-state index in [2.05, 4.69) is 29.4 Å². The van der Waals surface area contributed by atoms with Gasteiger partial charge < -0.3 is 15.5 Å². The van der Waals surface area contributed by atoms with Gasteiger partial charge in [0.05, 0.1) is 18.7 Å². The summed E-state index contributed by atoms with van der Waals surface area (Å²) in [7, 11) is 0. The number of hydrogen-bond acceptors (Lipinski definition) is 6. The minimum atomic E-state index is -0.204. The third-order valence-electron chi connectivity index (χ3n) is 2.49. The van der Waals surface area contributed by atoms with Gasteiger partial charge in [-0.3, -0.25) is 4.79 Å². The summed E-state index contributed by atoms with van der Waals surface area (Å²) in [4.78, 5) is 11.8. The molecule has 8 heteroatoms. The number of rotatable bonds is 5. The van der Waals surface area contributed by atoms with E-state index in [0.29, 0.717) is 23.8 Å². The molecule has 0 aliphatic heterocycles. The Bertz CT molecular complexity index is 567. The normalized spacial score (nSPS) is 10.4. The van der Waals surface area contributed by atoms with Crippen LogP contribution in [-0.4, -0.2) is 16.1 Å². The minimum absolute atomic E-state index is 0. The standard InChI is InChI=1S/C12H16N4O2S.ClH/c1-7(2)12-16-15-10(19-12)5-14-11(17)8-3-9(4-13)18-6-8;/h3,6-7H,4-5,13H2,1-2H3,(H,14,17);1H. The van der Waals surface area contributed by atoms with Crippen LogP contribution in [0, 0.1) is 0 Å². The highest BCUT2D eigenvalue weighted by Crippen LogP contribution is 2.18. The van der Waals surface area contributed by atoms with Gasteiger partial charge in [-0.15, -0.1) is 22.6 Å². The first kappa shape index (κ1) is 16.6. The second-order valence-electron chi connectivity index (χ2n) is 4.38. The van der Waals surface area contributed by atoms with Crippen LogP contribution in [0.15, 0.2) is 16.7 Å². The molecule has 20 heavy (non-hydrogen) atoms. The fourth-order valence-electron chi connectivity index (χ4n) is 1.44. The van der Waals surface area contributed by atoms with Crippen LogP contribution in [0.1, 0.15) is 45.9 Å². The molecular weight excluding hydrogens is 300 g/mol. The smallest absolute Gasteiger partial charge is 0.254 e. The third kappa shape index (κ3) is 4.03. The summed E-state index contributed by atoms with van der Waals surface area (Å²) in [5.74, 6) is 0.732. The molecule has 2 rings (SSSR count). The maximum atomic E-state index is 11.8. The van der Waals surface area contributed by atoms with Gasteiger partial charge in [-0.05, 0) is 6.07 Å². The second-order valence-corrected chi connectivity index (χ2v) is 5.47. The van der Waals surface area contributed by atoms with E-state index in [-0.39, 0.29) is 24.9 Å². The maximum Gasteiger partial charge on any atom is 0.254 e. The number of nitrogens with zero attached hydrogens (tertiary/aromatic N) is 2. The Kier molecular flexibility index (Phi) is 6.12. The van der Waals surface area contributed by atoms with Crippen LogP contribution >= 0.6 is 23.7 Å². The second kappa shape index (κ2) is 7.37. The summed E-state index contributed by atoms with van der Waals surface area (Å²) in [5, 5.41) is 12.6. The third-order valence-corrected chi connectivity index (χ3v) is 3.72. The fraction of sp³-hybridized carbons (Fsp3) is 0.417. The number of hydrogen-bond donors (Lipinski definition) is 2. The van der Waals surface area contributed by atoms with Crippen molar-refractivity contribution in [2.45, 2.75) is 32.9 Å². The van der Waals surface area contributed by atoms with Crippen LogP contribution < -0.4 is 11.1 Å². The Labute approximate surface area is 127 Å². The lowest BCUT2D eigenvalue weighted by Gasteiger charge is -1.99. The number of amides is 1. The fourth-order valence-corrected chi connectivity index (χ4v) is 2.22. The molecule has 0 saturated heterocycles. The molecular formula is C12H17ClN4O2S. The Balaban J connectivity index is 0.00000200. The van der Waals surface area contributed by atoms with Crippen molar-refractivity contribution in [2.75, 3.05) is 0 Å². The topological polar surface area (TPSA) is 94.0 Å². The molecule has 3 N–H and O–H groups in total. The van der Waals surface area contributed by atoms with Crippen LogP contribution in [0.25, 0.3) is 0 Å². The van der Waals surface area contributed by atoms with Crippen molar-refractivity contribution in [3.8, 4) is 0 Å². The van der Waals surface area contributed by atoms with Gasteiger partial charge in [-0.1, -0.05) is 25.2 Å². The highest BCUT2D eigenvalue weighted by atomic mass is 35.5. The largest absolute Gasteiger partial charge is 0.467 e. The average molecular weight is 317 g/mol. The van der Waals surface area contributed by atoms with E-state index in [9.17, 15) is 4.79 Å². The van der Waals surface area contributed by atoms with Crippen molar-refractivity contribution in [3.63, 3.8) is 0 Å². The van der Waals surface area contributed by atoms with Gasteiger partial charge in [0.15, 0.2) is 0 Å². The zero-order valence-corrected chi connectivity index (χ0v) is 12.9. The van der Waals surface area contributed by atoms with Crippen LogP contribution in [-0.2, 0) is 13.1 Å². The predicted octanol–water partition coefficient (Wildman–Crippen LogP) is 2.06. The molecule has 2 aromatic heterocycles. The van der Waals surface area contributed by atoms with Crippen molar-refractivity contribution in [1.82, 2.24) is 15.5 Å². The first-order valence-electron chi connectivity index (χ1n) is 5.98. The summed E-state index contributed by atoms with van der Waals surface area (Å²) in [6.45, 7) is 4.76. The Morgan fingerprint density at radius 2 is 2.25 bits per heavy atom. The number of carbonyl (C=O) groups is 1. The highest BCUT2D eigenvalue weighted by molar-refractivity contribution is 7.11. The molecule has 0 aliphatic carbocycles. The van der Waals surface area contributed by atoms with Gasteiger partial charge >= 0.3 is 0 Å². The van der Waals surface area contributed by atoms with E-state index in [1.165, 1.54) is 17.6 Å². The van der Waals surface area contributed by atoms with Crippen molar-refractivity contribution in [3.05, 3.63) is 33.7 Å². The number of nitrogens with one attached hydrogen (secondary N) is 1. The lowest BCUT2D eigenvalue weighted by atomic mass is 10.2. The number of halogens is 1. The minimum Gasteiger partial charge on any atom is -0.467 e. The molecule has 0 unspecified atom stereocenters. The molecule has 0 radical (unpaired) electrons. The maximum absolute atomic E-state index is 11.8. The van der Waals surface area contributed by atoms with E-state index in [4.69, 9.17) is 10.2 Å². The molecule has 0 aromatic carbocycles. The van der Waals surface area contributed by atoms with Crippen molar-refractivity contribution < 1.29 is 9.21 Å². The lowest BCUT2D eigenvalue weighted by Crippen LogP contribution is -2.22. The zero-order valence-electron chi connectivity index (χ0n) is 11.3. The molecule has 2 aromatic rings. The summed E-state index contributed by atoms with van der Waals surface area (Å²) >= 11 is 1.51. The SMILES string of the molecule is CC(C)c1nnc(CNC(=O)c2coc(CN)c2)s1.Cl. The Morgan fingerprint density at radius 1 is 1.50 bits per heavy atom. The van der Waals surface area contributed by atoms with E-state index >= 15 is 0 Å². The van der Waals surface area contributed by atoms with Crippen LogP contribution in [0.3, 0.4) is 0 Å². The van der Waals surface area contributed by atoms with Crippen LogP contribution in [0.2, 0.25) is 0 Å². The van der Waals surface area contributed by atoms with Gasteiger partial charge in [-0.25, -0.2) is 0 Å². The number of nitrogens with two attached hydrogens (primary N) is 1. The molecule has 110 valence electrons. The molecule has 2 heterocycles. The summed E-state index contributed by atoms with van der Waals surface area (Å²) in [6, 6.07) is 1.63. The van der Waals surface area contributed by atoms with Gasteiger partial charge in [0.1, 0.15) is 22.0 Å². The van der Waals surface area contributed by atoms with E-state index in [1.807, 2.05) is 0 Å². The molecule has 1 amide bonds. The van der Waals surface area contributed by atoms with Crippen LogP contribution in [0.4, 0.5) is 0 Å². The van der Waals surface area contributed by atoms with Crippen molar-refractivity contribution >= 4 is 29.7 Å². The first-order chi connectivity index (χ1) is 9.10. The quantitative estimate of drug-likeness (QED) is 0.880. The summed E-state index contributed by atoms with van der Waals surface area (Å²) in [5.41, 5.74) is 5.88. The molecule has 0 atom stereocenters. The lowest BCUT2D eigenvalue weighted by molar-refractivity contribution is 0.0950. The molecule has 0 aliphatic rings. The predicted molar refractivity (Wildman–Crippen MR) is 79.0 cm³/mol. The van der Waals surface area contributed by atoms with Gasteiger partial charge in [0, 0.05) is 5.92 Å². The van der Waals surface area contributed by atoms with Crippen LogP contribution in [0.5, 0.6) is 0 Å². The molecule has 0 bridgehead atoms. The Hall–Kier alpha value is -1.44. The summed E-state index contributed by atoms with van der Waals surface area (Å²) < 4.78 is 5.11. The first-order valence-corrected chi connectivity index (χ1v) is 6.79. The molecule has 0 saturated carbocycles. The average Bonchev–Trinajstić information content (AvgIpc) is 3.04. The number of carbonyl (C=O) groups excluding carboxylic acids is 1. The van der Waals surface area contributed by atoms with Gasteiger partial charge in [0.25, 0.3) is 5.91 Å². The zero-order chi connectivity index (χ0) is 13.8. The Morgan fingerprint density at radius 3 is 2.80 bits per heavy atom.